The maximum Gasteiger partial charge on any atom is 0.573 e. The first-order valence-corrected chi connectivity index (χ1v) is 16.7. The summed E-state index contributed by atoms with van der Waals surface area (Å²) < 4.78 is 44.0. The Balaban J connectivity index is 1.43. The largest absolute Gasteiger partial charge is 0.573 e. The van der Waals surface area contributed by atoms with Gasteiger partial charge in [-0.15, -0.1) is 35.8 Å². The van der Waals surface area contributed by atoms with Gasteiger partial charge in [-0.25, -0.2) is 0 Å². The first-order chi connectivity index (χ1) is 20.8. The van der Waals surface area contributed by atoms with Gasteiger partial charge in [0.15, 0.2) is 0 Å². The first kappa shape index (κ1) is 32.5. The summed E-state index contributed by atoms with van der Waals surface area (Å²) in [5.74, 6) is 10.9. The third kappa shape index (κ3) is 10.6. The molecule has 2 heterocycles. The minimum atomic E-state index is -4.82. The Morgan fingerprint density at radius 3 is 1.77 bits per heavy atom. The SMILES string of the molecule is CCCCCCc1ccc(-c2ccc(C#CC#Cc3ccc(-c4ccc(CCCCCC)s4)cc3OC(F)(F)F)cc2)s1. The second-order valence-electron chi connectivity index (χ2n) is 10.5. The van der Waals surface area contributed by atoms with Crippen molar-refractivity contribution in [2.45, 2.75) is 84.4 Å². The Kier molecular flexibility index (Phi) is 12.4. The first-order valence-electron chi connectivity index (χ1n) is 15.0. The summed E-state index contributed by atoms with van der Waals surface area (Å²) >= 11 is 3.44. The van der Waals surface area contributed by atoms with Crippen LogP contribution in [0.15, 0.2) is 66.7 Å². The Morgan fingerprint density at radius 1 is 0.628 bits per heavy atom. The molecule has 0 saturated heterocycles. The lowest BCUT2D eigenvalue weighted by Gasteiger charge is -2.11. The summed E-state index contributed by atoms with van der Waals surface area (Å²) in [6.07, 6.45) is 7.02. The molecule has 0 N–H and O–H groups in total. The number of ether oxygens (including phenoxy) is 1. The van der Waals surface area contributed by atoms with Crippen molar-refractivity contribution in [3.8, 4) is 50.3 Å². The van der Waals surface area contributed by atoms with E-state index in [1.54, 1.807) is 23.5 Å². The van der Waals surface area contributed by atoms with E-state index in [0.29, 0.717) is 5.56 Å². The highest BCUT2D eigenvalue weighted by Crippen LogP contribution is 2.35. The van der Waals surface area contributed by atoms with Crippen molar-refractivity contribution >= 4 is 22.7 Å². The predicted molar refractivity (Wildman–Crippen MR) is 176 cm³/mol. The average Bonchev–Trinajstić information content (AvgIpc) is 3.66. The predicted octanol–water partition coefficient (Wildman–Crippen LogP) is 11.7. The van der Waals surface area contributed by atoms with Crippen LogP contribution in [0.4, 0.5) is 13.2 Å². The van der Waals surface area contributed by atoms with E-state index < -0.39 is 6.36 Å². The van der Waals surface area contributed by atoms with Gasteiger partial charge in [0, 0.05) is 25.1 Å². The van der Waals surface area contributed by atoms with Crippen LogP contribution in [0.3, 0.4) is 0 Å². The van der Waals surface area contributed by atoms with Crippen molar-refractivity contribution < 1.29 is 17.9 Å². The molecule has 224 valence electrons. The summed E-state index contributed by atoms with van der Waals surface area (Å²) in [5.41, 5.74) is 2.75. The van der Waals surface area contributed by atoms with Gasteiger partial charge >= 0.3 is 6.36 Å². The van der Waals surface area contributed by atoms with Crippen LogP contribution in [0.1, 0.15) is 86.1 Å². The monoisotopic (exact) mass is 618 g/mol. The van der Waals surface area contributed by atoms with Gasteiger partial charge in [0.05, 0.1) is 5.56 Å². The van der Waals surface area contributed by atoms with Crippen LogP contribution in [0, 0.1) is 23.7 Å². The Hall–Kier alpha value is -3.45. The number of benzene rings is 2. The highest BCUT2D eigenvalue weighted by atomic mass is 32.1. The van der Waals surface area contributed by atoms with Gasteiger partial charge in [0.25, 0.3) is 0 Å². The second kappa shape index (κ2) is 16.4. The minimum absolute atomic E-state index is 0.144. The maximum atomic E-state index is 13.2. The van der Waals surface area contributed by atoms with E-state index in [4.69, 9.17) is 0 Å². The molecule has 2 aromatic heterocycles. The molecule has 0 aliphatic heterocycles. The average molecular weight is 619 g/mol. The van der Waals surface area contributed by atoms with Crippen LogP contribution in [0.2, 0.25) is 0 Å². The van der Waals surface area contributed by atoms with Crippen molar-refractivity contribution in [3.63, 3.8) is 0 Å². The van der Waals surface area contributed by atoms with Crippen molar-refractivity contribution in [3.05, 3.63) is 87.6 Å². The molecule has 4 rings (SSSR count). The Bertz CT molecular complexity index is 1570. The molecule has 1 nitrogen and oxygen atoms in total. The highest BCUT2D eigenvalue weighted by molar-refractivity contribution is 7.15. The summed E-state index contributed by atoms with van der Waals surface area (Å²) in [4.78, 5) is 4.78. The van der Waals surface area contributed by atoms with Crippen molar-refractivity contribution in [1.82, 2.24) is 0 Å². The summed E-state index contributed by atoms with van der Waals surface area (Å²) in [7, 11) is 0. The quantitative estimate of drug-likeness (QED) is 0.107. The Labute approximate surface area is 262 Å². The molecule has 2 aromatic carbocycles. The van der Waals surface area contributed by atoms with Gasteiger partial charge in [-0.05, 0) is 103 Å². The number of aryl methyl sites for hydroxylation is 2. The Morgan fingerprint density at radius 2 is 1.19 bits per heavy atom. The van der Waals surface area contributed by atoms with E-state index >= 15 is 0 Å². The molecule has 0 aliphatic carbocycles. The normalized spacial score (nSPS) is 11.0. The van der Waals surface area contributed by atoms with Crippen LogP contribution in [0.25, 0.3) is 20.9 Å². The smallest absolute Gasteiger partial charge is 0.404 e. The van der Waals surface area contributed by atoms with Crippen LogP contribution in [-0.2, 0) is 12.8 Å². The lowest BCUT2D eigenvalue weighted by Crippen LogP contribution is -2.17. The fraction of sp³-hybridized carbons (Fsp3) is 0.351. The van der Waals surface area contributed by atoms with Crippen molar-refractivity contribution in [2.24, 2.45) is 0 Å². The van der Waals surface area contributed by atoms with Crippen LogP contribution >= 0.6 is 22.7 Å². The van der Waals surface area contributed by atoms with E-state index in [1.165, 1.54) is 65.6 Å². The number of rotatable bonds is 13. The van der Waals surface area contributed by atoms with Crippen LogP contribution in [0.5, 0.6) is 5.75 Å². The molecular formula is C37H37F3OS2. The molecule has 0 saturated carbocycles. The van der Waals surface area contributed by atoms with Crippen LogP contribution < -0.4 is 4.74 Å². The fourth-order valence-corrected chi connectivity index (χ4v) is 6.80. The zero-order chi connectivity index (χ0) is 30.5. The second-order valence-corrected chi connectivity index (χ2v) is 12.8. The van der Waals surface area contributed by atoms with E-state index in [2.05, 4.69) is 60.5 Å². The lowest BCUT2D eigenvalue weighted by atomic mass is 10.1. The third-order valence-corrected chi connectivity index (χ3v) is 9.39. The molecule has 4 aromatic rings. The molecule has 0 amide bonds. The van der Waals surface area contributed by atoms with E-state index in [1.807, 2.05) is 41.7 Å². The molecular weight excluding hydrogens is 582 g/mol. The number of thiophene rings is 2. The van der Waals surface area contributed by atoms with Crippen LogP contribution in [-0.4, -0.2) is 6.36 Å². The standard InChI is InChI=1S/C37H37F3OS2/c1-3-5-7-9-15-32-23-25-35(42-32)30-19-17-28(18-20-30)13-11-12-14-29-21-22-31(27-34(29)41-37(38,39)40)36-26-24-33(43-36)16-10-8-6-4-2/h17-27H,3-10,15-16H2,1-2H3. The van der Waals surface area contributed by atoms with Gasteiger partial charge < -0.3 is 4.74 Å². The van der Waals surface area contributed by atoms with Gasteiger partial charge in [0.2, 0.25) is 0 Å². The molecule has 0 fully saturated rings. The number of halogens is 3. The summed E-state index contributed by atoms with van der Waals surface area (Å²) in [6.45, 7) is 4.40. The number of alkyl halides is 3. The molecule has 6 heteroatoms. The molecule has 0 spiro atoms. The van der Waals surface area contributed by atoms with Gasteiger partial charge in [-0.3, -0.25) is 0 Å². The van der Waals surface area contributed by atoms with E-state index in [0.717, 1.165) is 35.3 Å². The summed E-state index contributed by atoms with van der Waals surface area (Å²) in [5, 5.41) is 0. The minimum Gasteiger partial charge on any atom is -0.404 e. The molecule has 0 atom stereocenters. The van der Waals surface area contributed by atoms with Gasteiger partial charge in [-0.1, -0.05) is 76.5 Å². The highest BCUT2D eigenvalue weighted by Gasteiger charge is 2.32. The topological polar surface area (TPSA) is 9.23 Å². The molecule has 0 aliphatic rings. The molecule has 0 radical (unpaired) electrons. The van der Waals surface area contributed by atoms with Gasteiger partial charge in [-0.2, -0.15) is 0 Å². The number of hydrogen-bond acceptors (Lipinski definition) is 3. The van der Waals surface area contributed by atoms with Crippen molar-refractivity contribution in [2.75, 3.05) is 0 Å². The van der Waals surface area contributed by atoms with Gasteiger partial charge in [0.1, 0.15) is 5.75 Å². The van der Waals surface area contributed by atoms with Crippen molar-refractivity contribution in [1.29, 1.82) is 0 Å². The fourth-order valence-electron chi connectivity index (χ4n) is 4.69. The zero-order valence-electron chi connectivity index (χ0n) is 24.8. The van der Waals surface area contributed by atoms with E-state index in [-0.39, 0.29) is 11.3 Å². The molecule has 43 heavy (non-hydrogen) atoms. The summed E-state index contributed by atoms with van der Waals surface area (Å²) in [6, 6.07) is 21.1. The van der Waals surface area contributed by atoms with E-state index in [9.17, 15) is 13.2 Å². The zero-order valence-corrected chi connectivity index (χ0v) is 26.4. The third-order valence-electron chi connectivity index (χ3n) is 7.00. The number of unbranched alkanes of at least 4 members (excludes halogenated alkanes) is 6. The molecule has 0 bridgehead atoms. The maximum absolute atomic E-state index is 13.2. The molecule has 0 unspecified atom stereocenters. The lowest BCUT2D eigenvalue weighted by molar-refractivity contribution is -0.274. The number of hydrogen-bond donors (Lipinski definition) is 0.